The molecule has 0 aliphatic heterocycles. The van der Waals surface area contributed by atoms with Crippen molar-refractivity contribution in [3.8, 4) is 15.8 Å². The predicted octanol–water partition coefficient (Wildman–Crippen LogP) is 7.09. The first-order chi connectivity index (χ1) is 15.7. The first-order valence-electron chi connectivity index (χ1n) is 9.88. The molecule has 0 bridgehead atoms. The molecule has 4 heterocycles. The summed E-state index contributed by atoms with van der Waals surface area (Å²) in [5.74, 6) is 0. The van der Waals surface area contributed by atoms with Crippen molar-refractivity contribution < 1.29 is 4.79 Å². The number of rotatable bonds is 4. The summed E-state index contributed by atoms with van der Waals surface area (Å²) in [7, 11) is 0. The van der Waals surface area contributed by atoms with Crippen LogP contribution in [0.3, 0.4) is 0 Å². The molecule has 152 valence electrons. The van der Waals surface area contributed by atoms with Crippen LogP contribution >= 0.6 is 22.7 Å². The van der Waals surface area contributed by atoms with Gasteiger partial charge in [0.25, 0.3) is 0 Å². The van der Waals surface area contributed by atoms with Gasteiger partial charge in [0.1, 0.15) is 17.2 Å². The average molecular weight is 451 g/mol. The third-order valence-electron chi connectivity index (χ3n) is 5.42. The molecule has 0 amide bonds. The molecule has 7 heteroatoms. The molecule has 2 aromatic carbocycles. The van der Waals surface area contributed by atoms with Gasteiger partial charge in [0, 0.05) is 54.4 Å². The van der Waals surface area contributed by atoms with Crippen LogP contribution in [0.4, 0.5) is 11.4 Å². The lowest BCUT2D eigenvalue weighted by Gasteiger charge is -2.09. The molecule has 4 aromatic heterocycles. The molecule has 0 aliphatic carbocycles. The number of carbonyl (C=O) groups excluding carboxylic acids is 1. The van der Waals surface area contributed by atoms with Crippen molar-refractivity contribution in [2.24, 2.45) is 0 Å². The summed E-state index contributed by atoms with van der Waals surface area (Å²) in [6.07, 6.45) is 4.40. The first kappa shape index (κ1) is 18.8. The van der Waals surface area contributed by atoms with Gasteiger partial charge in [-0.1, -0.05) is 6.07 Å². The quantitative estimate of drug-likeness (QED) is 0.281. The summed E-state index contributed by atoms with van der Waals surface area (Å²) in [6.45, 7) is 0. The van der Waals surface area contributed by atoms with Crippen molar-refractivity contribution in [3.63, 3.8) is 0 Å². The lowest BCUT2D eigenvalue weighted by Crippen LogP contribution is -1.95. The molecule has 0 radical (unpaired) electrons. The summed E-state index contributed by atoms with van der Waals surface area (Å²) < 4.78 is 1.13. The largest absolute Gasteiger partial charge is 0.361 e. The number of thiophene rings is 2. The highest BCUT2D eigenvalue weighted by Crippen LogP contribution is 2.42. The van der Waals surface area contributed by atoms with Gasteiger partial charge < -0.3 is 10.3 Å². The molecular formula is C25H14N4OS2. The number of hydrogen-bond acceptors (Lipinski definition) is 6. The number of aromatic nitrogens is 2. The van der Waals surface area contributed by atoms with Crippen molar-refractivity contribution in [3.05, 3.63) is 78.1 Å². The van der Waals surface area contributed by atoms with Crippen molar-refractivity contribution in [2.45, 2.75) is 0 Å². The van der Waals surface area contributed by atoms with Gasteiger partial charge in [-0.05, 0) is 53.9 Å². The van der Waals surface area contributed by atoms with Crippen LogP contribution < -0.4 is 5.32 Å². The van der Waals surface area contributed by atoms with Crippen LogP contribution in [0.2, 0.25) is 0 Å². The molecule has 0 saturated carbocycles. The van der Waals surface area contributed by atoms with Crippen LogP contribution in [0.5, 0.6) is 0 Å². The van der Waals surface area contributed by atoms with Gasteiger partial charge in [0.2, 0.25) is 0 Å². The second-order valence-corrected chi connectivity index (χ2v) is 9.53. The number of anilines is 2. The van der Waals surface area contributed by atoms with Gasteiger partial charge in [0.15, 0.2) is 0 Å². The third kappa shape index (κ3) is 3.05. The number of H-pyrrole nitrogens is 1. The SMILES string of the molecule is N#Cc1cnc2sc(-c3cc4cc(C=O)ccc4s3)cc2c1Nc1ccc2[nH]ccc2c1. The number of aldehydes is 1. The zero-order valence-electron chi connectivity index (χ0n) is 16.5. The summed E-state index contributed by atoms with van der Waals surface area (Å²) in [6, 6.07) is 20.3. The molecule has 0 fully saturated rings. The zero-order valence-corrected chi connectivity index (χ0v) is 18.2. The molecule has 5 nitrogen and oxygen atoms in total. The monoisotopic (exact) mass is 450 g/mol. The standard InChI is InChI=1S/C25H14N4OS2/c26-11-17-12-28-25-19(24(17)29-18-2-3-20-15(8-18)5-6-27-20)10-23(32-25)22-9-16-7-14(13-30)1-4-21(16)31-22/h1-10,12-13,27H,(H,28,29). The van der Waals surface area contributed by atoms with Gasteiger partial charge in [-0.3, -0.25) is 4.79 Å². The maximum Gasteiger partial charge on any atom is 0.150 e. The van der Waals surface area contributed by atoms with E-state index in [1.165, 1.54) is 0 Å². The lowest BCUT2D eigenvalue weighted by molar-refractivity contribution is 0.112. The molecule has 0 saturated heterocycles. The lowest BCUT2D eigenvalue weighted by atomic mass is 10.1. The molecule has 0 unspecified atom stereocenters. The Balaban J connectivity index is 1.47. The molecule has 0 spiro atoms. The highest BCUT2D eigenvalue weighted by molar-refractivity contribution is 7.28. The van der Waals surface area contributed by atoms with Crippen LogP contribution in [0, 0.1) is 11.3 Å². The Morgan fingerprint density at radius 1 is 1.00 bits per heavy atom. The number of carbonyl (C=O) groups is 1. The van der Waals surface area contributed by atoms with Gasteiger partial charge in [-0.25, -0.2) is 4.98 Å². The van der Waals surface area contributed by atoms with E-state index in [4.69, 9.17) is 0 Å². The normalized spacial score (nSPS) is 11.2. The number of fused-ring (bicyclic) bond motifs is 3. The summed E-state index contributed by atoms with van der Waals surface area (Å²) in [4.78, 5) is 21.9. The van der Waals surface area contributed by atoms with Crippen LogP contribution in [0.25, 0.3) is 41.0 Å². The van der Waals surface area contributed by atoms with E-state index in [0.717, 1.165) is 58.6 Å². The average Bonchev–Trinajstić information content (AvgIpc) is 3.55. The molecule has 0 aliphatic rings. The number of nitrogens with zero attached hydrogens (tertiary/aromatic N) is 2. The van der Waals surface area contributed by atoms with Crippen molar-refractivity contribution in [2.75, 3.05) is 5.32 Å². The minimum atomic E-state index is 0.503. The number of hydrogen-bond donors (Lipinski definition) is 2. The van der Waals surface area contributed by atoms with E-state index in [1.54, 1.807) is 28.9 Å². The maximum atomic E-state index is 11.1. The van der Waals surface area contributed by atoms with E-state index in [-0.39, 0.29) is 0 Å². The second kappa shape index (κ2) is 7.31. The fourth-order valence-corrected chi connectivity index (χ4v) is 5.99. The van der Waals surface area contributed by atoms with Crippen LogP contribution in [-0.4, -0.2) is 16.3 Å². The molecular weight excluding hydrogens is 436 g/mol. The second-order valence-electron chi connectivity index (χ2n) is 7.42. The zero-order chi connectivity index (χ0) is 21.7. The maximum absolute atomic E-state index is 11.1. The Hall–Kier alpha value is -3.99. The van der Waals surface area contributed by atoms with Crippen molar-refractivity contribution in [1.82, 2.24) is 9.97 Å². The fourth-order valence-electron chi connectivity index (χ4n) is 3.86. The smallest absolute Gasteiger partial charge is 0.150 e. The molecule has 32 heavy (non-hydrogen) atoms. The van der Waals surface area contributed by atoms with Crippen molar-refractivity contribution >= 4 is 71.5 Å². The minimum Gasteiger partial charge on any atom is -0.361 e. The highest BCUT2D eigenvalue weighted by atomic mass is 32.1. The van der Waals surface area contributed by atoms with E-state index in [9.17, 15) is 10.1 Å². The minimum absolute atomic E-state index is 0.503. The topological polar surface area (TPSA) is 81.6 Å². The number of aromatic amines is 1. The Morgan fingerprint density at radius 3 is 2.78 bits per heavy atom. The molecule has 6 aromatic rings. The van der Waals surface area contributed by atoms with Gasteiger partial charge in [0.05, 0.1) is 11.3 Å². The Bertz CT molecular complexity index is 1700. The summed E-state index contributed by atoms with van der Waals surface area (Å²) in [5, 5.41) is 16.2. The van der Waals surface area contributed by atoms with E-state index in [1.807, 2.05) is 42.6 Å². The summed E-state index contributed by atoms with van der Waals surface area (Å²) >= 11 is 3.28. The van der Waals surface area contributed by atoms with Crippen LogP contribution in [0.1, 0.15) is 15.9 Å². The number of benzene rings is 2. The molecule has 0 atom stereocenters. The fraction of sp³-hybridized carbons (Fsp3) is 0. The Kier molecular flexibility index (Phi) is 4.28. The Morgan fingerprint density at radius 2 is 1.91 bits per heavy atom. The highest BCUT2D eigenvalue weighted by Gasteiger charge is 2.15. The molecule has 6 rings (SSSR count). The number of nitriles is 1. The van der Waals surface area contributed by atoms with E-state index >= 15 is 0 Å². The van der Waals surface area contributed by atoms with Crippen LogP contribution in [0.15, 0.2) is 67.0 Å². The van der Waals surface area contributed by atoms with Crippen molar-refractivity contribution in [1.29, 1.82) is 5.26 Å². The summed E-state index contributed by atoms with van der Waals surface area (Å²) in [5.41, 5.74) is 3.92. The van der Waals surface area contributed by atoms with Crippen LogP contribution in [-0.2, 0) is 0 Å². The van der Waals surface area contributed by atoms with E-state index in [2.05, 4.69) is 39.6 Å². The third-order valence-corrected chi connectivity index (χ3v) is 7.78. The van der Waals surface area contributed by atoms with Gasteiger partial charge in [-0.15, -0.1) is 22.7 Å². The Labute approximate surface area is 190 Å². The molecule has 2 N–H and O–H groups in total. The first-order valence-corrected chi connectivity index (χ1v) is 11.5. The predicted molar refractivity (Wildman–Crippen MR) is 132 cm³/mol. The van der Waals surface area contributed by atoms with E-state index in [0.29, 0.717) is 11.1 Å². The van der Waals surface area contributed by atoms with E-state index < -0.39 is 0 Å². The number of pyridine rings is 1. The van der Waals surface area contributed by atoms with Gasteiger partial charge in [-0.2, -0.15) is 5.26 Å². The number of nitrogens with one attached hydrogen (secondary N) is 2. The van der Waals surface area contributed by atoms with Gasteiger partial charge >= 0.3 is 0 Å².